The van der Waals surface area contributed by atoms with E-state index in [1.165, 1.54) is 11.9 Å². The van der Waals surface area contributed by atoms with E-state index in [0.717, 1.165) is 26.1 Å². The largest absolute Gasteiger partial charge is 0.345 e. The Bertz CT molecular complexity index is 554. The van der Waals surface area contributed by atoms with E-state index in [1.54, 1.807) is 0 Å². The Labute approximate surface area is 117 Å². The van der Waals surface area contributed by atoms with Crippen molar-refractivity contribution >= 4 is 5.91 Å². The molecule has 0 radical (unpaired) electrons. The number of nitrogens with zero attached hydrogens (tertiary/aromatic N) is 3. The van der Waals surface area contributed by atoms with Crippen molar-refractivity contribution in [2.24, 2.45) is 0 Å². The molecule has 6 nitrogen and oxygen atoms in total. The number of hydrogen-bond acceptors (Lipinski definition) is 4. The quantitative estimate of drug-likeness (QED) is 0.863. The summed E-state index contributed by atoms with van der Waals surface area (Å²) in [5.74, 6) is 0.0839. The first-order valence-corrected chi connectivity index (χ1v) is 6.74. The van der Waals surface area contributed by atoms with Crippen molar-refractivity contribution in [3.63, 3.8) is 0 Å². The summed E-state index contributed by atoms with van der Waals surface area (Å²) < 4.78 is 0. The Balaban J connectivity index is 1.51. The van der Waals surface area contributed by atoms with Crippen molar-refractivity contribution in [3.05, 3.63) is 48.0 Å². The van der Waals surface area contributed by atoms with Crippen LogP contribution < -0.4 is 5.32 Å². The highest BCUT2D eigenvalue weighted by atomic mass is 16.2. The average molecular weight is 271 g/mol. The Kier molecular flexibility index (Phi) is 3.73. The van der Waals surface area contributed by atoms with E-state index in [0.29, 0.717) is 0 Å². The smallest absolute Gasteiger partial charge is 0.288 e. The first kappa shape index (κ1) is 12.8. The van der Waals surface area contributed by atoms with Crippen LogP contribution in [0.25, 0.3) is 0 Å². The van der Waals surface area contributed by atoms with E-state index < -0.39 is 0 Å². The summed E-state index contributed by atoms with van der Waals surface area (Å²) in [5, 5.41) is 9.24. The first-order valence-electron chi connectivity index (χ1n) is 6.74. The van der Waals surface area contributed by atoms with E-state index in [9.17, 15) is 4.79 Å². The van der Waals surface area contributed by atoms with E-state index >= 15 is 0 Å². The number of nitrogens with one attached hydrogen (secondary N) is 2. The predicted molar refractivity (Wildman–Crippen MR) is 74.0 cm³/mol. The fourth-order valence-electron chi connectivity index (χ4n) is 2.50. The van der Waals surface area contributed by atoms with Crippen LogP contribution >= 0.6 is 0 Å². The van der Waals surface area contributed by atoms with Gasteiger partial charge in [-0.05, 0) is 12.0 Å². The number of hydrogen-bond donors (Lipinski definition) is 2. The fraction of sp³-hybridized carbons (Fsp3) is 0.357. The molecule has 2 heterocycles. The number of H-pyrrole nitrogens is 1. The number of aromatic amines is 1. The Hall–Kier alpha value is -2.21. The summed E-state index contributed by atoms with van der Waals surface area (Å²) in [4.78, 5) is 18.1. The molecule has 0 bridgehead atoms. The summed E-state index contributed by atoms with van der Waals surface area (Å²) in [5.41, 5.74) is 1.30. The molecular formula is C14H17N5O. The standard InChI is InChI=1S/C14H17N5O/c20-14(13-15-10-16-18-13)17-12-6-7-19(9-12)8-11-4-2-1-3-5-11/h1-5,10,12H,6-9H2,(H,17,20)(H,15,16,18). The molecule has 20 heavy (non-hydrogen) atoms. The predicted octanol–water partition coefficient (Wildman–Crippen LogP) is 0.809. The third-order valence-electron chi connectivity index (χ3n) is 3.49. The average Bonchev–Trinajstić information content (AvgIpc) is 3.11. The third-order valence-corrected chi connectivity index (χ3v) is 3.49. The number of carbonyl (C=O) groups is 1. The van der Waals surface area contributed by atoms with Crippen LogP contribution in [0.5, 0.6) is 0 Å². The summed E-state index contributed by atoms with van der Waals surface area (Å²) >= 11 is 0. The summed E-state index contributed by atoms with van der Waals surface area (Å²) in [6.07, 6.45) is 2.30. The second-order valence-corrected chi connectivity index (χ2v) is 5.01. The van der Waals surface area contributed by atoms with Gasteiger partial charge in [0.1, 0.15) is 6.33 Å². The lowest BCUT2D eigenvalue weighted by Crippen LogP contribution is -2.37. The van der Waals surface area contributed by atoms with Gasteiger partial charge in [-0.2, -0.15) is 5.10 Å². The second kappa shape index (κ2) is 5.83. The monoisotopic (exact) mass is 271 g/mol. The first-order chi connectivity index (χ1) is 9.81. The highest BCUT2D eigenvalue weighted by molar-refractivity contribution is 5.90. The molecule has 1 unspecified atom stereocenters. The number of likely N-dealkylation sites (tertiary alicyclic amines) is 1. The number of aromatic nitrogens is 3. The normalized spacial score (nSPS) is 19.1. The molecule has 3 rings (SSSR count). The minimum atomic E-state index is -0.186. The molecule has 1 fully saturated rings. The number of amides is 1. The lowest BCUT2D eigenvalue weighted by atomic mass is 10.2. The molecule has 2 N–H and O–H groups in total. The molecule has 0 aliphatic carbocycles. The van der Waals surface area contributed by atoms with Crippen LogP contribution in [0.3, 0.4) is 0 Å². The van der Waals surface area contributed by atoms with Crippen LogP contribution in [0.15, 0.2) is 36.7 Å². The van der Waals surface area contributed by atoms with Gasteiger partial charge in [0.15, 0.2) is 0 Å². The summed E-state index contributed by atoms with van der Waals surface area (Å²) in [7, 11) is 0. The maximum Gasteiger partial charge on any atom is 0.288 e. The molecule has 1 atom stereocenters. The SMILES string of the molecule is O=C(NC1CCN(Cc2ccccc2)C1)c1ncn[nH]1. The molecule has 1 aliphatic rings. The zero-order chi connectivity index (χ0) is 13.8. The van der Waals surface area contributed by atoms with Gasteiger partial charge in [-0.1, -0.05) is 30.3 Å². The second-order valence-electron chi connectivity index (χ2n) is 5.01. The molecule has 1 aliphatic heterocycles. The molecule has 1 amide bonds. The van der Waals surface area contributed by atoms with Gasteiger partial charge >= 0.3 is 0 Å². The van der Waals surface area contributed by atoms with Crippen LogP contribution in [0, 0.1) is 0 Å². The van der Waals surface area contributed by atoms with Crippen LogP contribution in [0.2, 0.25) is 0 Å². The maximum absolute atomic E-state index is 11.9. The van der Waals surface area contributed by atoms with Crippen LogP contribution in [-0.2, 0) is 6.54 Å². The van der Waals surface area contributed by atoms with Crippen molar-refractivity contribution < 1.29 is 4.79 Å². The van der Waals surface area contributed by atoms with Crippen molar-refractivity contribution in [1.29, 1.82) is 0 Å². The molecule has 1 aromatic carbocycles. The van der Waals surface area contributed by atoms with Gasteiger partial charge in [-0.15, -0.1) is 0 Å². The number of benzene rings is 1. The van der Waals surface area contributed by atoms with Gasteiger partial charge in [-0.3, -0.25) is 14.8 Å². The van der Waals surface area contributed by atoms with Crippen LogP contribution in [0.4, 0.5) is 0 Å². The van der Waals surface area contributed by atoms with Gasteiger partial charge in [0.25, 0.3) is 5.91 Å². The molecule has 0 saturated carbocycles. The van der Waals surface area contributed by atoms with Crippen LogP contribution in [0.1, 0.15) is 22.6 Å². The lowest BCUT2D eigenvalue weighted by Gasteiger charge is -2.16. The van der Waals surface area contributed by atoms with Crippen LogP contribution in [-0.4, -0.2) is 45.1 Å². The highest BCUT2D eigenvalue weighted by Gasteiger charge is 2.24. The Morgan fingerprint density at radius 3 is 3.00 bits per heavy atom. The fourth-order valence-corrected chi connectivity index (χ4v) is 2.50. The van der Waals surface area contributed by atoms with Crippen molar-refractivity contribution in [2.45, 2.75) is 19.0 Å². The summed E-state index contributed by atoms with van der Waals surface area (Å²) in [6.45, 7) is 2.79. The zero-order valence-electron chi connectivity index (χ0n) is 11.1. The van der Waals surface area contributed by atoms with Crippen molar-refractivity contribution in [2.75, 3.05) is 13.1 Å². The molecule has 1 saturated heterocycles. The highest BCUT2D eigenvalue weighted by Crippen LogP contribution is 2.13. The Morgan fingerprint density at radius 2 is 2.25 bits per heavy atom. The molecule has 2 aromatic rings. The van der Waals surface area contributed by atoms with E-state index in [4.69, 9.17) is 0 Å². The zero-order valence-corrected chi connectivity index (χ0v) is 11.1. The minimum absolute atomic E-state index is 0.177. The van der Waals surface area contributed by atoms with Gasteiger partial charge in [0, 0.05) is 25.7 Å². The summed E-state index contributed by atoms with van der Waals surface area (Å²) in [6, 6.07) is 10.6. The maximum atomic E-state index is 11.9. The third kappa shape index (κ3) is 3.03. The van der Waals surface area contributed by atoms with E-state index in [1.807, 2.05) is 6.07 Å². The molecule has 104 valence electrons. The number of rotatable bonds is 4. The lowest BCUT2D eigenvalue weighted by molar-refractivity contribution is 0.0927. The van der Waals surface area contributed by atoms with Gasteiger partial charge in [0.05, 0.1) is 0 Å². The molecular weight excluding hydrogens is 254 g/mol. The van der Waals surface area contributed by atoms with E-state index in [-0.39, 0.29) is 17.8 Å². The Morgan fingerprint density at radius 1 is 1.40 bits per heavy atom. The minimum Gasteiger partial charge on any atom is -0.345 e. The van der Waals surface area contributed by atoms with Crippen molar-refractivity contribution in [1.82, 2.24) is 25.4 Å². The molecule has 0 spiro atoms. The van der Waals surface area contributed by atoms with E-state index in [2.05, 4.69) is 49.7 Å². The number of carbonyl (C=O) groups excluding carboxylic acids is 1. The van der Waals surface area contributed by atoms with Gasteiger partial charge < -0.3 is 5.32 Å². The van der Waals surface area contributed by atoms with Crippen molar-refractivity contribution in [3.8, 4) is 0 Å². The van der Waals surface area contributed by atoms with Gasteiger partial charge in [0.2, 0.25) is 5.82 Å². The van der Waals surface area contributed by atoms with Gasteiger partial charge in [-0.25, -0.2) is 4.98 Å². The topological polar surface area (TPSA) is 73.9 Å². The molecule has 6 heteroatoms. The molecule has 1 aromatic heterocycles.